The first kappa shape index (κ1) is 11.4. The molecule has 2 aliphatic carbocycles. The van der Waals surface area contributed by atoms with E-state index in [4.69, 9.17) is 9.47 Å². The minimum absolute atomic E-state index is 0.475. The van der Waals surface area contributed by atoms with Gasteiger partial charge in [0, 0.05) is 32.2 Å². The second-order valence-corrected chi connectivity index (χ2v) is 5.13. The summed E-state index contributed by atoms with van der Waals surface area (Å²) in [6, 6.07) is 0. The van der Waals surface area contributed by atoms with Crippen molar-refractivity contribution >= 4 is 0 Å². The molecule has 88 valence electrons. The highest BCUT2D eigenvalue weighted by molar-refractivity contribution is 4.95. The highest BCUT2D eigenvalue weighted by atomic mass is 16.5. The Labute approximate surface area is 92.5 Å². The van der Waals surface area contributed by atoms with Gasteiger partial charge >= 0.3 is 0 Å². The molecular formula is C12H23NO2. The fourth-order valence-corrected chi connectivity index (χ4v) is 1.80. The average molecular weight is 213 g/mol. The van der Waals surface area contributed by atoms with Gasteiger partial charge in [0.15, 0.2) is 0 Å². The Morgan fingerprint density at radius 3 is 2.73 bits per heavy atom. The maximum absolute atomic E-state index is 5.77. The predicted molar refractivity (Wildman–Crippen MR) is 60.0 cm³/mol. The van der Waals surface area contributed by atoms with Gasteiger partial charge in [-0.15, -0.1) is 0 Å². The zero-order valence-electron chi connectivity index (χ0n) is 9.76. The SMILES string of the molecule is COCCNCC1(COCC2CC2)CC1. The van der Waals surface area contributed by atoms with Crippen LogP contribution in [0.4, 0.5) is 0 Å². The van der Waals surface area contributed by atoms with Crippen LogP contribution in [0, 0.1) is 11.3 Å². The molecule has 3 nitrogen and oxygen atoms in total. The number of methoxy groups -OCH3 is 1. The summed E-state index contributed by atoms with van der Waals surface area (Å²) in [7, 11) is 1.74. The quantitative estimate of drug-likeness (QED) is 0.588. The summed E-state index contributed by atoms with van der Waals surface area (Å²) in [4.78, 5) is 0. The summed E-state index contributed by atoms with van der Waals surface area (Å²) in [5, 5.41) is 3.44. The third-order valence-corrected chi connectivity index (χ3v) is 3.40. The molecule has 2 fully saturated rings. The molecule has 0 aromatic carbocycles. The van der Waals surface area contributed by atoms with Gasteiger partial charge in [-0.3, -0.25) is 0 Å². The minimum atomic E-state index is 0.475. The fourth-order valence-electron chi connectivity index (χ4n) is 1.80. The standard InChI is InChI=1S/C12H23NO2/c1-14-7-6-13-9-12(4-5-12)10-15-8-11-2-3-11/h11,13H,2-10H2,1H3. The van der Waals surface area contributed by atoms with E-state index in [2.05, 4.69) is 5.32 Å². The lowest BCUT2D eigenvalue weighted by molar-refractivity contribution is 0.0811. The Bertz CT molecular complexity index is 188. The fraction of sp³-hybridized carbons (Fsp3) is 1.00. The molecule has 0 radical (unpaired) electrons. The van der Waals surface area contributed by atoms with Crippen molar-refractivity contribution in [2.75, 3.05) is 40.0 Å². The van der Waals surface area contributed by atoms with Crippen LogP contribution in [0.3, 0.4) is 0 Å². The van der Waals surface area contributed by atoms with Crippen LogP contribution in [0.1, 0.15) is 25.7 Å². The molecule has 0 unspecified atom stereocenters. The van der Waals surface area contributed by atoms with Crippen LogP contribution in [0.15, 0.2) is 0 Å². The molecule has 0 aliphatic heterocycles. The normalized spacial score (nSPS) is 23.0. The molecule has 0 aromatic rings. The van der Waals surface area contributed by atoms with Crippen molar-refractivity contribution in [2.45, 2.75) is 25.7 Å². The summed E-state index contributed by atoms with van der Waals surface area (Å²) in [6.45, 7) is 4.82. The lowest BCUT2D eigenvalue weighted by atomic mass is 10.1. The van der Waals surface area contributed by atoms with Gasteiger partial charge < -0.3 is 14.8 Å². The molecule has 0 bridgehead atoms. The van der Waals surface area contributed by atoms with Crippen LogP contribution < -0.4 is 5.32 Å². The molecule has 0 heterocycles. The lowest BCUT2D eigenvalue weighted by Crippen LogP contribution is -2.30. The van der Waals surface area contributed by atoms with Crippen LogP contribution in [0.5, 0.6) is 0 Å². The number of hydrogen-bond acceptors (Lipinski definition) is 3. The largest absolute Gasteiger partial charge is 0.383 e. The van der Waals surface area contributed by atoms with Crippen molar-refractivity contribution in [3.05, 3.63) is 0 Å². The minimum Gasteiger partial charge on any atom is -0.383 e. The third-order valence-electron chi connectivity index (χ3n) is 3.40. The molecule has 3 heteroatoms. The van der Waals surface area contributed by atoms with E-state index in [0.717, 1.165) is 38.8 Å². The Kier molecular flexibility index (Phi) is 4.00. The molecule has 1 N–H and O–H groups in total. The lowest BCUT2D eigenvalue weighted by Gasteiger charge is -2.16. The molecule has 0 amide bonds. The van der Waals surface area contributed by atoms with Gasteiger partial charge in [-0.1, -0.05) is 0 Å². The van der Waals surface area contributed by atoms with E-state index in [1.807, 2.05) is 0 Å². The van der Waals surface area contributed by atoms with E-state index >= 15 is 0 Å². The van der Waals surface area contributed by atoms with Crippen LogP contribution in [-0.2, 0) is 9.47 Å². The first-order valence-corrected chi connectivity index (χ1v) is 6.12. The number of ether oxygens (including phenoxy) is 2. The molecule has 2 saturated carbocycles. The summed E-state index contributed by atoms with van der Waals surface area (Å²) in [6.07, 6.45) is 5.44. The Hall–Kier alpha value is -0.120. The van der Waals surface area contributed by atoms with Crippen molar-refractivity contribution in [2.24, 2.45) is 11.3 Å². The molecule has 0 aromatic heterocycles. The van der Waals surface area contributed by atoms with Crippen LogP contribution in [0.25, 0.3) is 0 Å². The Morgan fingerprint density at radius 2 is 2.13 bits per heavy atom. The van der Waals surface area contributed by atoms with E-state index in [9.17, 15) is 0 Å². The van der Waals surface area contributed by atoms with Crippen molar-refractivity contribution in [1.82, 2.24) is 5.32 Å². The van der Waals surface area contributed by atoms with Crippen LogP contribution in [0.2, 0.25) is 0 Å². The van der Waals surface area contributed by atoms with Crippen molar-refractivity contribution in [3.63, 3.8) is 0 Å². The van der Waals surface area contributed by atoms with Crippen molar-refractivity contribution in [3.8, 4) is 0 Å². The van der Waals surface area contributed by atoms with Crippen LogP contribution in [-0.4, -0.2) is 40.0 Å². The van der Waals surface area contributed by atoms with E-state index in [1.165, 1.54) is 25.7 Å². The van der Waals surface area contributed by atoms with Crippen LogP contribution >= 0.6 is 0 Å². The average Bonchev–Trinajstić information content (AvgIpc) is 3.10. The second kappa shape index (κ2) is 5.28. The zero-order valence-corrected chi connectivity index (χ0v) is 9.76. The number of hydrogen-bond donors (Lipinski definition) is 1. The van der Waals surface area contributed by atoms with E-state index < -0.39 is 0 Å². The Balaban J connectivity index is 1.49. The van der Waals surface area contributed by atoms with E-state index in [1.54, 1.807) is 7.11 Å². The molecule has 2 rings (SSSR count). The van der Waals surface area contributed by atoms with Gasteiger partial charge in [0.25, 0.3) is 0 Å². The molecule has 0 saturated heterocycles. The summed E-state index contributed by atoms with van der Waals surface area (Å²) >= 11 is 0. The summed E-state index contributed by atoms with van der Waals surface area (Å²) < 4.78 is 10.8. The molecule has 2 aliphatic rings. The second-order valence-electron chi connectivity index (χ2n) is 5.13. The van der Waals surface area contributed by atoms with Gasteiger partial charge in [-0.2, -0.15) is 0 Å². The zero-order chi connectivity index (χ0) is 10.6. The molecule has 0 atom stereocenters. The van der Waals surface area contributed by atoms with Crippen molar-refractivity contribution < 1.29 is 9.47 Å². The highest BCUT2D eigenvalue weighted by Crippen LogP contribution is 2.45. The topological polar surface area (TPSA) is 30.5 Å². The summed E-state index contributed by atoms with van der Waals surface area (Å²) in [5.41, 5.74) is 0.475. The van der Waals surface area contributed by atoms with Gasteiger partial charge in [0.1, 0.15) is 0 Å². The van der Waals surface area contributed by atoms with Gasteiger partial charge in [0.05, 0.1) is 13.2 Å². The molecular weight excluding hydrogens is 190 g/mol. The van der Waals surface area contributed by atoms with Crippen molar-refractivity contribution in [1.29, 1.82) is 0 Å². The first-order valence-electron chi connectivity index (χ1n) is 6.12. The van der Waals surface area contributed by atoms with E-state index in [0.29, 0.717) is 5.41 Å². The first-order chi connectivity index (χ1) is 7.35. The maximum atomic E-state index is 5.77. The summed E-state index contributed by atoms with van der Waals surface area (Å²) in [5.74, 6) is 0.891. The van der Waals surface area contributed by atoms with Gasteiger partial charge in [0.2, 0.25) is 0 Å². The Morgan fingerprint density at radius 1 is 1.33 bits per heavy atom. The predicted octanol–water partition coefficient (Wildman–Crippen LogP) is 1.43. The monoisotopic (exact) mass is 213 g/mol. The molecule has 15 heavy (non-hydrogen) atoms. The van der Waals surface area contributed by atoms with Gasteiger partial charge in [-0.25, -0.2) is 0 Å². The van der Waals surface area contributed by atoms with Gasteiger partial charge in [-0.05, 0) is 31.6 Å². The highest BCUT2D eigenvalue weighted by Gasteiger charge is 2.42. The molecule has 0 spiro atoms. The maximum Gasteiger partial charge on any atom is 0.0587 e. The van der Waals surface area contributed by atoms with E-state index in [-0.39, 0.29) is 0 Å². The smallest absolute Gasteiger partial charge is 0.0587 e. The third kappa shape index (κ3) is 4.09. The number of rotatable bonds is 9. The number of nitrogens with one attached hydrogen (secondary N) is 1.